The van der Waals surface area contributed by atoms with Crippen LogP contribution in [0.4, 0.5) is 0 Å². The second kappa shape index (κ2) is 5.81. The molecule has 23 heavy (non-hydrogen) atoms. The zero-order valence-electron chi connectivity index (χ0n) is 14.7. The molecule has 2 aromatic carbocycles. The van der Waals surface area contributed by atoms with E-state index in [1.807, 2.05) is 6.07 Å². The van der Waals surface area contributed by atoms with Gasteiger partial charge in [0.15, 0.2) is 0 Å². The van der Waals surface area contributed by atoms with Crippen molar-refractivity contribution >= 4 is 7.12 Å². The molecule has 0 aliphatic carbocycles. The Labute approximate surface area is 140 Å². The topological polar surface area (TPSA) is 18.5 Å². The van der Waals surface area contributed by atoms with Gasteiger partial charge in [0, 0.05) is 5.82 Å². The van der Waals surface area contributed by atoms with Gasteiger partial charge in [-0.05, 0) is 44.4 Å². The molecule has 0 saturated carbocycles. The van der Waals surface area contributed by atoms with E-state index in [1.54, 1.807) is 0 Å². The first-order valence-electron chi connectivity index (χ1n) is 8.31. The van der Waals surface area contributed by atoms with E-state index in [9.17, 15) is 0 Å². The molecule has 3 rings (SSSR count). The molecule has 1 heterocycles. The van der Waals surface area contributed by atoms with Gasteiger partial charge < -0.3 is 9.31 Å². The number of rotatable bonds is 3. The Morgan fingerprint density at radius 3 is 1.74 bits per heavy atom. The maximum absolute atomic E-state index is 6.17. The Bertz CT molecular complexity index is 646. The first-order valence-corrected chi connectivity index (χ1v) is 8.31. The Balaban J connectivity index is 1.78. The molecule has 0 radical (unpaired) electrons. The van der Waals surface area contributed by atoms with E-state index < -0.39 is 0 Å². The van der Waals surface area contributed by atoms with E-state index in [4.69, 9.17) is 9.31 Å². The minimum absolute atomic E-state index is 0.195. The van der Waals surface area contributed by atoms with Crippen molar-refractivity contribution in [1.82, 2.24) is 0 Å². The second-order valence-electron chi connectivity index (χ2n) is 7.40. The van der Waals surface area contributed by atoms with Crippen molar-refractivity contribution in [2.45, 2.75) is 51.6 Å². The molecule has 0 N–H and O–H groups in total. The summed E-state index contributed by atoms with van der Waals surface area (Å²) in [5.41, 5.74) is 3.15. The zero-order valence-corrected chi connectivity index (χ0v) is 14.7. The molecule has 0 aromatic heterocycles. The molecule has 1 aliphatic rings. The number of hydrogen-bond acceptors (Lipinski definition) is 2. The average Bonchev–Trinajstić information content (AvgIpc) is 2.76. The first-order chi connectivity index (χ1) is 10.8. The summed E-state index contributed by atoms with van der Waals surface area (Å²) < 4.78 is 12.3. The molecular formula is C20H25BO2. The van der Waals surface area contributed by atoms with Gasteiger partial charge in [-0.2, -0.15) is 0 Å². The van der Waals surface area contributed by atoms with Crippen molar-refractivity contribution in [3.8, 4) is 11.1 Å². The van der Waals surface area contributed by atoms with Crippen molar-refractivity contribution < 1.29 is 9.31 Å². The summed E-state index contributed by atoms with van der Waals surface area (Å²) >= 11 is 0. The lowest BCUT2D eigenvalue weighted by Gasteiger charge is -2.32. The SMILES string of the molecule is C[C@H](B1OC(C)(C)C(C)(C)O1)c1ccc(-c2ccccc2)cc1. The number of benzene rings is 2. The van der Waals surface area contributed by atoms with Crippen LogP contribution in [-0.4, -0.2) is 18.3 Å². The second-order valence-corrected chi connectivity index (χ2v) is 7.40. The third-order valence-electron chi connectivity index (χ3n) is 5.22. The molecule has 0 spiro atoms. The molecule has 2 nitrogen and oxygen atoms in total. The maximum Gasteiger partial charge on any atom is 0.465 e. The highest BCUT2D eigenvalue weighted by atomic mass is 16.7. The summed E-state index contributed by atoms with van der Waals surface area (Å²) in [5, 5.41) is 0. The van der Waals surface area contributed by atoms with Crippen molar-refractivity contribution in [3.05, 3.63) is 60.2 Å². The third kappa shape index (κ3) is 3.08. The van der Waals surface area contributed by atoms with E-state index in [2.05, 4.69) is 83.1 Å². The van der Waals surface area contributed by atoms with Crippen LogP contribution < -0.4 is 0 Å². The van der Waals surface area contributed by atoms with Gasteiger partial charge in [0.2, 0.25) is 0 Å². The van der Waals surface area contributed by atoms with Crippen LogP contribution in [0.1, 0.15) is 46.0 Å². The molecule has 1 saturated heterocycles. The average molecular weight is 308 g/mol. The van der Waals surface area contributed by atoms with Crippen LogP contribution in [0.25, 0.3) is 11.1 Å². The highest BCUT2D eigenvalue weighted by Gasteiger charge is 2.52. The van der Waals surface area contributed by atoms with Gasteiger partial charge in [-0.3, -0.25) is 0 Å². The standard InChI is InChI=1S/C20H25BO2/c1-15(21-22-19(2,3)20(4,5)23-21)16-11-13-18(14-12-16)17-9-7-6-8-10-17/h6-15H,1-5H3/t15-/m0/s1. The van der Waals surface area contributed by atoms with Crippen molar-refractivity contribution in [1.29, 1.82) is 0 Å². The van der Waals surface area contributed by atoms with Gasteiger partial charge in [-0.25, -0.2) is 0 Å². The van der Waals surface area contributed by atoms with E-state index in [0.717, 1.165) is 0 Å². The monoisotopic (exact) mass is 308 g/mol. The highest BCUT2D eigenvalue weighted by Crippen LogP contribution is 2.40. The molecule has 0 amide bonds. The lowest BCUT2D eigenvalue weighted by molar-refractivity contribution is 0.00578. The lowest BCUT2D eigenvalue weighted by Crippen LogP contribution is -2.41. The Kier molecular flexibility index (Phi) is 4.11. The van der Waals surface area contributed by atoms with Crippen molar-refractivity contribution in [3.63, 3.8) is 0 Å². The van der Waals surface area contributed by atoms with Crippen LogP contribution in [0.3, 0.4) is 0 Å². The van der Waals surface area contributed by atoms with Gasteiger partial charge in [0.1, 0.15) is 0 Å². The van der Waals surface area contributed by atoms with E-state index >= 15 is 0 Å². The maximum atomic E-state index is 6.17. The fourth-order valence-electron chi connectivity index (χ4n) is 2.86. The molecule has 120 valence electrons. The summed E-state index contributed by atoms with van der Waals surface area (Å²) in [6.45, 7) is 10.5. The fraction of sp³-hybridized carbons (Fsp3) is 0.400. The fourth-order valence-corrected chi connectivity index (χ4v) is 2.86. The minimum Gasteiger partial charge on any atom is -0.403 e. The van der Waals surface area contributed by atoms with Crippen molar-refractivity contribution in [2.75, 3.05) is 0 Å². The minimum atomic E-state index is -0.282. The Morgan fingerprint density at radius 1 is 0.739 bits per heavy atom. The number of hydrogen-bond donors (Lipinski definition) is 0. The largest absolute Gasteiger partial charge is 0.465 e. The predicted octanol–water partition coefficient (Wildman–Crippen LogP) is 5.09. The van der Waals surface area contributed by atoms with Crippen LogP contribution in [0.5, 0.6) is 0 Å². The summed E-state index contributed by atoms with van der Waals surface area (Å²) in [6, 6.07) is 19.1. The first kappa shape index (κ1) is 16.3. The van der Waals surface area contributed by atoms with E-state index in [-0.39, 0.29) is 24.1 Å². The molecule has 3 heteroatoms. The van der Waals surface area contributed by atoms with Gasteiger partial charge in [0.05, 0.1) is 11.2 Å². The van der Waals surface area contributed by atoms with Crippen LogP contribution in [-0.2, 0) is 9.31 Å². The highest BCUT2D eigenvalue weighted by molar-refractivity contribution is 6.47. The summed E-state index contributed by atoms with van der Waals surface area (Å²) in [5.74, 6) is 0.195. The van der Waals surface area contributed by atoms with Crippen LogP contribution in [0, 0.1) is 0 Å². The Morgan fingerprint density at radius 2 is 1.22 bits per heavy atom. The van der Waals surface area contributed by atoms with Gasteiger partial charge in [0.25, 0.3) is 0 Å². The Hall–Kier alpha value is -1.58. The van der Waals surface area contributed by atoms with Gasteiger partial charge in [-0.1, -0.05) is 61.5 Å². The van der Waals surface area contributed by atoms with Crippen LogP contribution in [0.2, 0.25) is 0 Å². The lowest BCUT2D eigenvalue weighted by atomic mass is 9.69. The normalized spacial score (nSPS) is 20.5. The molecular weight excluding hydrogens is 283 g/mol. The molecule has 0 unspecified atom stereocenters. The molecule has 1 fully saturated rings. The van der Waals surface area contributed by atoms with Gasteiger partial charge >= 0.3 is 7.12 Å². The van der Waals surface area contributed by atoms with E-state index in [1.165, 1.54) is 16.7 Å². The van der Waals surface area contributed by atoms with Crippen LogP contribution in [0.15, 0.2) is 54.6 Å². The predicted molar refractivity (Wildman–Crippen MR) is 96.4 cm³/mol. The molecule has 1 atom stereocenters. The molecule has 2 aromatic rings. The summed E-state index contributed by atoms with van der Waals surface area (Å²) in [6.07, 6.45) is 0. The van der Waals surface area contributed by atoms with Gasteiger partial charge in [-0.15, -0.1) is 0 Å². The summed E-state index contributed by atoms with van der Waals surface area (Å²) in [4.78, 5) is 0. The van der Waals surface area contributed by atoms with Crippen LogP contribution >= 0.6 is 0 Å². The van der Waals surface area contributed by atoms with E-state index in [0.29, 0.717) is 0 Å². The quantitative estimate of drug-likeness (QED) is 0.735. The smallest absolute Gasteiger partial charge is 0.403 e. The zero-order chi connectivity index (χ0) is 16.7. The molecule has 1 aliphatic heterocycles. The van der Waals surface area contributed by atoms with Crippen molar-refractivity contribution in [2.24, 2.45) is 0 Å². The molecule has 0 bridgehead atoms. The summed E-state index contributed by atoms with van der Waals surface area (Å²) in [7, 11) is -0.206. The third-order valence-corrected chi connectivity index (χ3v) is 5.22.